The first-order valence-electron chi connectivity index (χ1n) is 6.88. The van der Waals surface area contributed by atoms with Crippen molar-refractivity contribution in [1.29, 1.82) is 0 Å². The molecule has 0 spiro atoms. The van der Waals surface area contributed by atoms with Crippen LogP contribution in [0.2, 0.25) is 0 Å². The lowest BCUT2D eigenvalue weighted by Gasteiger charge is -2.10. The molecule has 1 atom stereocenters. The predicted octanol–water partition coefficient (Wildman–Crippen LogP) is 1.62. The second-order valence-electron chi connectivity index (χ2n) is 4.98. The van der Waals surface area contributed by atoms with Crippen molar-refractivity contribution < 1.29 is 13.2 Å². The third-order valence-electron chi connectivity index (χ3n) is 3.35. The van der Waals surface area contributed by atoms with E-state index in [0.717, 1.165) is 35.6 Å². The standard InChI is InChI=1S/C13H22N2O3S2/c1-10-13(8-12(19-10)9-14-2)20(16,17)15-6-5-11-4-3-7-18-11/h8,11,14-15H,3-7,9H2,1-2H3. The fourth-order valence-electron chi connectivity index (χ4n) is 2.36. The first-order valence-corrected chi connectivity index (χ1v) is 9.18. The number of hydrogen-bond acceptors (Lipinski definition) is 5. The Labute approximate surface area is 124 Å². The molecule has 1 aliphatic heterocycles. The summed E-state index contributed by atoms with van der Waals surface area (Å²) in [5.74, 6) is 0. The van der Waals surface area contributed by atoms with Crippen molar-refractivity contribution >= 4 is 21.4 Å². The zero-order valence-electron chi connectivity index (χ0n) is 11.9. The summed E-state index contributed by atoms with van der Waals surface area (Å²) < 4.78 is 32.7. The number of hydrogen-bond donors (Lipinski definition) is 2. The minimum atomic E-state index is -3.40. The highest BCUT2D eigenvalue weighted by Crippen LogP contribution is 2.25. The average Bonchev–Trinajstić information content (AvgIpc) is 2.99. The molecule has 0 aromatic carbocycles. The quantitative estimate of drug-likeness (QED) is 0.802. The van der Waals surface area contributed by atoms with Crippen molar-refractivity contribution in [1.82, 2.24) is 10.0 Å². The zero-order chi connectivity index (χ0) is 14.6. The molecule has 1 unspecified atom stereocenters. The van der Waals surface area contributed by atoms with Crippen LogP contribution in [-0.2, 0) is 21.3 Å². The van der Waals surface area contributed by atoms with Gasteiger partial charge in [0.15, 0.2) is 0 Å². The maximum absolute atomic E-state index is 12.3. The van der Waals surface area contributed by atoms with Gasteiger partial charge in [-0.3, -0.25) is 0 Å². The molecule has 1 aromatic heterocycles. The average molecular weight is 318 g/mol. The van der Waals surface area contributed by atoms with Gasteiger partial charge < -0.3 is 10.1 Å². The topological polar surface area (TPSA) is 67.4 Å². The van der Waals surface area contributed by atoms with Crippen molar-refractivity contribution in [3.05, 3.63) is 15.8 Å². The Morgan fingerprint density at radius 1 is 1.50 bits per heavy atom. The lowest BCUT2D eigenvalue weighted by molar-refractivity contribution is 0.105. The summed E-state index contributed by atoms with van der Waals surface area (Å²) >= 11 is 1.52. The highest BCUT2D eigenvalue weighted by atomic mass is 32.2. The molecule has 0 saturated carbocycles. The van der Waals surface area contributed by atoms with Crippen LogP contribution < -0.4 is 10.0 Å². The molecule has 114 valence electrons. The summed E-state index contributed by atoms with van der Waals surface area (Å²) in [7, 11) is -1.55. The van der Waals surface area contributed by atoms with E-state index in [2.05, 4.69) is 10.0 Å². The summed E-state index contributed by atoms with van der Waals surface area (Å²) in [5, 5.41) is 3.03. The molecule has 7 heteroatoms. The second-order valence-corrected chi connectivity index (χ2v) is 8.06. The van der Waals surface area contributed by atoms with Gasteiger partial charge in [-0.25, -0.2) is 13.1 Å². The Balaban J connectivity index is 1.94. The van der Waals surface area contributed by atoms with Crippen LogP contribution in [0.5, 0.6) is 0 Å². The number of sulfonamides is 1. The smallest absolute Gasteiger partial charge is 0.241 e. The third-order valence-corrected chi connectivity index (χ3v) is 6.11. The van der Waals surface area contributed by atoms with Crippen LogP contribution in [0.25, 0.3) is 0 Å². The Morgan fingerprint density at radius 2 is 2.30 bits per heavy atom. The Bertz CT molecular complexity index is 534. The summed E-state index contributed by atoms with van der Waals surface area (Å²) in [6, 6.07) is 1.75. The van der Waals surface area contributed by atoms with Gasteiger partial charge in [-0.1, -0.05) is 0 Å². The maximum atomic E-state index is 12.3. The number of thiophene rings is 1. The van der Waals surface area contributed by atoms with Gasteiger partial charge in [0, 0.05) is 29.5 Å². The van der Waals surface area contributed by atoms with E-state index < -0.39 is 10.0 Å². The van der Waals surface area contributed by atoms with Crippen LogP contribution in [-0.4, -0.2) is 34.7 Å². The summed E-state index contributed by atoms with van der Waals surface area (Å²) in [4.78, 5) is 2.27. The predicted molar refractivity (Wildman–Crippen MR) is 80.6 cm³/mol. The molecule has 0 bridgehead atoms. The summed E-state index contributed by atoms with van der Waals surface area (Å²) in [5.41, 5.74) is 0. The second kappa shape index (κ2) is 7.00. The van der Waals surface area contributed by atoms with Crippen LogP contribution >= 0.6 is 11.3 Å². The first kappa shape index (κ1) is 15.9. The van der Waals surface area contributed by atoms with Gasteiger partial charge in [0.25, 0.3) is 0 Å². The lowest BCUT2D eigenvalue weighted by Crippen LogP contribution is -2.27. The Kier molecular flexibility index (Phi) is 5.57. The van der Waals surface area contributed by atoms with E-state index in [1.54, 1.807) is 6.07 Å². The van der Waals surface area contributed by atoms with Crippen molar-refractivity contribution in [3.63, 3.8) is 0 Å². The van der Waals surface area contributed by atoms with Crippen LogP contribution in [0.1, 0.15) is 29.0 Å². The van der Waals surface area contributed by atoms with Crippen LogP contribution in [0, 0.1) is 6.92 Å². The molecular formula is C13H22N2O3S2. The molecule has 0 aliphatic carbocycles. The van der Waals surface area contributed by atoms with Gasteiger partial charge in [-0.15, -0.1) is 11.3 Å². The summed E-state index contributed by atoms with van der Waals surface area (Å²) in [6.07, 6.45) is 3.06. The lowest BCUT2D eigenvalue weighted by atomic mass is 10.2. The molecule has 2 heterocycles. The monoisotopic (exact) mass is 318 g/mol. The summed E-state index contributed by atoms with van der Waals surface area (Å²) in [6.45, 7) is 3.77. The molecule has 1 saturated heterocycles. The van der Waals surface area contributed by atoms with Crippen LogP contribution in [0.15, 0.2) is 11.0 Å². The van der Waals surface area contributed by atoms with Gasteiger partial charge >= 0.3 is 0 Å². The molecular weight excluding hydrogens is 296 g/mol. The number of ether oxygens (including phenoxy) is 1. The third kappa shape index (κ3) is 4.02. The maximum Gasteiger partial charge on any atom is 0.241 e. The molecule has 2 rings (SSSR count). The van der Waals surface area contributed by atoms with E-state index >= 15 is 0 Å². The van der Waals surface area contributed by atoms with E-state index in [0.29, 0.717) is 18.0 Å². The molecule has 1 aliphatic rings. The van der Waals surface area contributed by atoms with E-state index in [1.165, 1.54) is 11.3 Å². The van der Waals surface area contributed by atoms with Gasteiger partial charge in [0.1, 0.15) is 0 Å². The molecule has 5 nitrogen and oxygen atoms in total. The van der Waals surface area contributed by atoms with Gasteiger partial charge in [0.2, 0.25) is 10.0 Å². The molecule has 0 radical (unpaired) electrons. The van der Waals surface area contributed by atoms with Crippen molar-refractivity contribution in [2.24, 2.45) is 0 Å². The van der Waals surface area contributed by atoms with Crippen molar-refractivity contribution in [3.8, 4) is 0 Å². The Hall–Kier alpha value is -0.470. The van der Waals surface area contributed by atoms with Crippen molar-refractivity contribution in [2.45, 2.75) is 43.7 Å². The van der Waals surface area contributed by atoms with Gasteiger partial charge in [-0.2, -0.15) is 0 Å². The van der Waals surface area contributed by atoms with Crippen LogP contribution in [0.3, 0.4) is 0 Å². The van der Waals surface area contributed by atoms with E-state index in [1.807, 2.05) is 14.0 Å². The fraction of sp³-hybridized carbons (Fsp3) is 0.692. The minimum absolute atomic E-state index is 0.209. The normalized spacial score (nSPS) is 19.6. The Morgan fingerprint density at radius 3 is 2.95 bits per heavy atom. The molecule has 1 aromatic rings. The van der Waals surface area contributed by atoms with Crippen molar-refractivity contribution in [2.75, 3.05) is 20.2 Å². The highest BCUT2D eigenvalue weighted by molar-refractivity contribution is 7.89. The largest absolute Gasteiger partial charge is 0.378 e. The zero-order valence-corrected chi connectivity index (χ0v) is 13.6. The minimum Gasteiger partial charge on any atom is -0.378 e. The molecule has 1 fully saturated rings. The van der Waals surface area contributed by atoms with Gasteiger partial charge in [0.05, 0.1) is 11.0 Å². The van der Waals surface area contributed by atoms with E-state index in [-0.39, 0.29) is 6.10 Å². The fourth-order valence-corrected chi connectivity index (χ4v) is 5.05. The van der Waals surface area contributed by atoms with E-state index in [4.69, 9.17) is 4.74 Å². The molecule has 20 heavy (non-hydrogen) atoms. The molecule has 2 N–H and O–H groups in total. The number of rotatable bonds is 7. The first-order chi connectivity index (χ1) is 9.53. The van der Waals surface area contributed by atoms with Crippen LogP contribution in [0.4, 0.5) is 0 Å². The SMILES string of the molecule is CNCc1cc(S(=O)(=O)NCCC2CCCO2)c(C)s1. The highest BCUT2D eigenvalue weighted by Gasteiger charge is 2.21. The number of aryl methyl sites for hydroxylation is 1. The number of nitrogens with one attached hydrogen (secondary N) is 2. The molecule has 0 amide bonds. The van der Waals surface area contributed by atoms with E-state index in [9.17, 15) is 8.42 Å². The van der Waals surface area contributed by atoms with Gasteiger partial charge in [-0.05, 0) is 39.3 Å².